The first-order valence-corrected chi connectivity index (χ1v) is 4.55. The fourth-order valence-corrected chi connectivity index (χ4v) is 1.29. The van der Waals surface area contributed by atoms with Gasteiger partial charge in [0.1, 0.15) is 6.29 Å². The molecule has 1 aromatic heterocycles. The first kappa shape index (κ1) is 10.1. The average Bonchev–Trinajstić information content (AvgIpc) is 2.78. The molecule has 0 saturated carbocycles. The van der Waals surface area contributed by atoms with Crippen LogP contribution in [0.25, 0.3) is 5.69 Å². The van der Waals surface area contributed by atoms with Crippen LogP contribution < -0.4 is 0 Å². The summed E-state index contributed by atoms with van der Waals surface area (Å²) in [4.78, 5) is 21.1. The van der Waals surface area contributed by atoms with Gasteiger partial charge < -0.3 is 5.11 Å². The molecule has 0 fully saturated rings. The van der Waals surface area contributed by atoms with Crippen LogP contribution in [-0.2, 0) is 0 Å². The molecule has 0 aliphatic carbocycles. The Morgan fingerprint density at radius 3 is 2.44 bits per heavy atom. The first-order valence-electron chi connectivity index (χ1n) is 4.55. The van der Waals surface area contributed by atoms with E-state index in [0.717, 1.165) is 6.29 Å². The van der Waals surface area contributed by atoms with Crippen LogP contribution in [0.5, 0.6) is 0 Å². The Balaban J connectivity index is 2.35. The predicted octanol–water partition coefficient (Wildman–Crippen LogP) is 1.38. The van der Waals surface area contributed by atoms with Gasteiger partial charge in [-0.15, -0.1) is 0 Å². The number of hydrogen-bond donors (Lipinski definition) is 1. The van der Waals surface area contributed by atoms with Crippen LogP contribution in [0.4, 0.5) is 0 Å². The molecule has 1 heterocycles. The maximum Gasteiger partial charge on any atom is 0.356 e. The van der Waals surface area contributed by atoms with Gasteiger partial charge in [0.05, 0.1) is 5.69 Å². The van der Waals surface area contributed by atoms with Gasteiger partial charge in [0.15, 0.2) is 5.69 Å². The number of hydrogen-bond acceptors (Lipinski definition) is 3. The molecule has 2 aromatic rings. The van der Waals surface area contributed by atoms with E-state index in [1.807, 2.05) is 0 Å². The molecule has 1 aromatic carbocycles. The molecule has 5 nitrogen and oxygen atoms in total. The minimum absolute atomic E-state index is 0.0144. The topological polar surface area (TPSA) is 72.2 Å². The lowest BCUT2D eigenvalue weighted by Gasteiger charge is -2.00. The van der Waals surface area contributed by atoms with Gasteiger partial charge in [0.2, 0.25) is 0 Å². The second kappa shape index (κ2) is 3.98. The molecule has 0 unspecified atom stereocenters. The van der Waals surface area contributed by atoms with Crippen molar-refractivity contribution in [3.8, 4) is 5.69 Å². The molecule has 0 radical (unpaired) electrons. The van der Waals surface area contributed by atoms with Gasteiger partial charge in [-0.25, -0.2) is 9.48 Å². The summed E-state index contributed by atoms with van der Waals surface area (Å²) >= 11 is 0. The highest BCUT2D eigenvalue weighted by molar-refractivity contribution is 5.85. The highest BCUT2D eigenvalue weighted by Crippen LogP contribution is 2.08. The van der Waals surface area contributed by atoms with Gasteiger partial charge in [0.25, 0.3) is 0 Å². The normalized spacial score (nSPS) is 10.0. The Morgan fingerprint density at radius 2 is 1.94 bits per heavy atom. The number of carboxylic acids is 1. The Hall–Kier alpha value is -2.43. The van der Waals surface area contributed by atoms with Crippen molar-refractivity contribution in [2.75, 3.05) is 0 Å². The summed E-state index contributed by atoms with van der Waals surface area (Å²) in [5.74, 6) is -1.07. The zero-order valence-corrected chi connectivity index (χ0v) is 8.20. The van der Waals surface area contributed by atoms with E-state index in [-0.39, 0.29) is 5.69 Å². The average molecular weight is 216 g/mol. The van der Waals surface area contributed by atoms with Crippen LogP contribution >= 0.6 is 0 Å². The van der Waals surface area contributed by atoms with Crippen molar-refractivity contribution in [3.05, 3.63) is 47.8 Å². The molecule has 16 heavy (non-hydrogen) atoms. The van der Waals surface area contributed by atoms with Gasteiger partial charge in [-0.1, -0.05) is 0 Å². The number of rotatable bonds is 3. The van der Waals surface area contributed by atoms with Crippen LogP contribution in [-0.4, -0.2) is 27.1 Å². The molecule has 0 bridgehead atoms. The van der Waals surface area contributed by atoms with E-state index in [4.69, 9.17) is 5.11 Å². The third kappa shape index (κ3) is 1.83. The maximum atomic E-state index is 10.6. The molecule has 5 heteroatoms. The summed E-state index contributed by atoms with van der Waals surface area (Å²) in [5, 5.41) is 12.6. The minimum Gasteiger partial charge on any atom is -0.476 e. The SMILES string of the molecule is O=Cc1ccc(-n2ccc(C(=O)O)n2)cc1. The smallest absolute Gasteiger partial charge is 0.356 e. The quantitative estimate of drug-likeness (QED) is 0.787. The number of carbonyl (C=O) groups is 2. The summed E-state index contributed by atoms with van der Waals surface area (Å²) in [7, 11) is 0. The molecule has 0 spiro atoms. The monoisotopic (exact) mass is 216 g/mol. The van der Waals surface area contributed by atoms with E-state index in [1.54, 1.807) is 30.5 Å². The van der Waals surface area contributed by atoms with Crippen LogP contribution in [0, 0.1) is 0 Å². The highest BCUT2D eigenvalue weighted by Gasteiger charge is 2.07. The zero-order valence-electron chi connectivity index (χ0n) is 8.20. The van der Waals surface area contributed by atoms with Crippen molar-refractivity contribution < 1.29 is 14.7 Å². The van der Waals surface area contributed by atoms with Crippen LogP contribution in [0.1, 0.15) is 20.8 Å². The van der Waals surface area contributed by atoms with Crippen LogP contribution in [0.3, 0.4) is 0 Å². The molecule has 2 rings (SSSR count). The van der Waals surface area contributed by atoms with E-state index >= 15 is 0 Å². The number of carbonyl (C=O) groups excluding carboxylic acids is 1. The largest absolute Gasteiger partial charge is 0.476 e. The molecule has 0 aliphatic rings. The Morgan fingerprint density at radius 1 is 1.25 bits per heavy atom. The second-order valence-electron chi connectivity index (χ2n) is 3.16. The molecular weight excluding hydrogens is 208 g/mol. The van der Waals surface area contributed by atoms with Crippen molar-refractivity contribution >= 4 is 12.3 Å². The number of carboxylic acid groups (broad SMARTS) is 1. The summed E-state index contributed by atoms with van der Waals surface area (Å²) in [6.45, 7) is 0. The fraction of sp³-hybridized carbons (Fsp3) is 0. The van der Waals surface area contributed by atoms with Crippen molar-refractivity contribution in [2.45, 2.75) is 0 Å². The number of benzene rings is 1. The fourth-order valence-electron chi connectivity index (χ4n) is 1.29. The standard InChI is InChI=1S/C11H8N2O3/c14-7-8-1-3-9(4-2-8)13-6-5-10(12-13)11(15)16/h1-7H,(H,15,16). The third-order valence-electron chi connectivity index (χ3n) is 2.10. The molecular formula is C11H8N2O3. The number of aldehydes is 1. The van der Waals surface area contributed by atoms with Gasteiger partial charge in [-0.3, -0.25) is 4.79 Å². The summed E-state index contributed by atoms with van der Waals surface area (Å²) in [6.07, 6.45) is 2.30. The lowest BCUT2D eigenvalue weighted by Crippen LogP contribution is -2.00. The Labute approximate surface area is 90.9 Å². The zero-order chi connectivity index (χ0) is 11.5. The van der Waals surface area contributed by atoms with E-state index in [1.165, 1.54) is 10.7 Å². The van der Waals surface area contributed by atoms with E-state index in [9.17, 15) is 9.59 Å². The predicted molar refractivity (Wildman–Crippen MR) is 55.9 cm³/mol. The molecule has 0 amide bonds. The second-order valence-corrected chi connectivity index (χ2v) is 3.16. The Bertz CT molecular complexity index is 528. The van der Waals surface area contributed by atoms with Gasteiger partial charge >= 0.3 is 5.97 Å². The first-order chi connectivity index (χ1) is 7.70. The highest BCUT2D eigenvalue weighted by atomic mass is 16.4. The summed E-state index contributed by atoms with van der Waals surface area (Å²) in [5.41, 5.74) is 1.26. The molecule has 0 atom stereocenters. The van der Waals surface area contributed by atoms with Gasteiger partial charge in [0, 0.05) is 11.8 Å². The molecule has 0 aliphatic heterocycles. The maximum absolute atomic E-state index is 10.6. The lowest BCUT2D eigenvalue weighted by molar-refractivity contribution is 0.0690. The number of nitrogens with zero attached hydrogens (tertiary/aromatic N) is 2. The van der Waals surface area contributed by atoms with E-state index in [0.29, 0.717) is 11.3 Å². The number of aromatic carboxylic acids is 1. The summed E-state index contributed by atoms with van der Waals surface area (Å²) < 4.78 is 1.44. The van der Waals surface area contributed by atoms with Gasteiger partial charge in [-0.2, -0.15) is 5.10 Å². The van der Waals surface area contributed by atoms with Crippen LogP contribution in [0.15, 0.2) is 36.5 Å². The van der Waals surface area contributed by atoms with Crippen molar-refractivity contribution in [1.29, 1.82) is 0 Å². The number of aromatic nitrogens is 2. The Kier molecular flexibility index (Phi) is 2.51. The molecule has 0 saturated heterocycles. The van der Waals surface area contributed by atoms with E-state index in [2.05, 4.69) is 5.10 Å². The summed E-state index contributed by atoms with van der Waals surface area (Å²) in [6, 6.07) is 8.09. The molecule has 80 valence electrons. The van der Waals surface area contributed by atoms with Crippen molar-refractivity contribution in [3.63, 3.8) is 0 Å². The van der Waals surface area contributed by atoms with Crippen molar-refractivity contribution in [2.24, 2.45) is 0 Å². The van der Waals surface area contributed by atoms with E-state index < -0.39 is 5.97 Å². The third-order valence-corrected chi connectivity index (χ3v) is 2.10. The van der Waals surface area contributed by atoms with Gasteiger partial charge in [-0.05, 0) is 30.3 Å². The minimum atomic E-state index is -1.07. The van der Waals surface area contributed by atoms with Crippen LogP contribution in [0.2, 0.25) is 0 Å². The van der Waals surface area contributed by atoms with Crippen molar-refractivity contribution in [1.82, 2.24) is 9.78 Å². The molecule has 1 N–H and O–H groups in total. The lowest BCUT2D eigenvalue weighted by atomic mass is 10.2.